The zero-order valence-corrected chi connectivity index (χ0v) is 20.0. The molecule has 0 bridgehead atoms. The van der Waals surface area contributed by atoms with Crippen molar-refractivity contribution in [2.24, 2.45) is 23.5 Å². The van der Waals surface area contributed by atoms with Crippen LogP contribution >= 0.6 is 0 Å². The van der Waals surface area contributed by atoms with Gasteiger partial charge in [-0.2, -0.15) is 0 Å². The van der Waals surface area contributed by atoms with Gasteiger partial charge in [0.25, 0.3) is 5.91 Å². The fraction of sp³-hybridized carbons (Fsp3) is 0.259. The molecular weight excluding hydrogens is 478 g/mol. The number of ketones is 2. The average Bonchev–Trinajstić information content (AvgIpc) is 2.84. The van der Waals surface area contributed by atoms with E-state index in [2.05, 4.69) is 11.6 Å². The van der Waals surface area contributed by atoms with Crippen molar-refractivity contribution in [3.05, 3.63) is 76.9 Å². The molecule has 0 spiro atoms. The van der Waals surface area contributed by atoms with E-state index in [9.17, 15) is 34.8 Å². The zero-order valence-electron chi connectivity index (χ0n) is 20.0. The molecule has 0 saturated heterocycles. The third-order valence-electron chi connectivity index (χ3n) is 7.55. The van der Waals surface area contributed by atoms with E-state index >= 15 is 0 Å². The molecule has 190 valence electrons. The monoisotopic (exact) mass is 503 g/mol. The van der Waals surface area contributed by atoms with Crippen LogP contribution < -0.4 is 5.73 Å². The predicted molar refractivity (Wildman–Crippen MR) is 132 cm³/mol. The van der Waals surface area contributed by atoms with Crippen molar-refractivity contribution < 1.29 is 34.8 Å². The molecule has 3 aliphatic rings. The number of nitrogens with two attached hydrogens (primary N) is 1. The standard InChI is InChI=1S/C27H25N3O7/c1-10-11-7-8-12(13-6-4-5-9-29-13)21(31)15(11)23(33)17-14(10)22(32)16-18(24(17)34)25(35)19(27(28)37)26(36)20(16)30(2)3/h4-9,14,16,18,20,22,31-32,34,36H,1H2,2-3H3,(H2,28,37)/t14?,16-,18?,20+,22+/m1/s1. The van der Waals surface area contributed by atoms with Crippen molar-refractivity contribution >= 4 is 23.0 Å². The van der Waals surface area contributed by atoms with Gasteiger partial charge in [0, 0.05) is 29.2 Å². The number of likely N-dealkylation sites (N-methyl/N-ethyl adjacent to an activating group) is 1. The molecule has 0 radical (unpaired) electrons. The minimum absolute atomic E-state index is 0.141. The normalized spacial score (nSPS) is 27.2. The van der Waals surface area contributed by atoms with Crippen molar-refractivity contribution in [1.82, 2.24) is 9.88 Å². The summed E-state index contributed by atoms with van der Waals surface area (Å²) in [4.78, 5) is 44.9. The van der Waals surface area contributed by atoms with Crippen LogP contribution in [-0.2, 0) is 9.59 Å². The van der Waals surface area contributed by atoms with E-state index in [1.165, 1.54) is 11.1 Å². The van der Waals surface area contributed by atoms with Crippen LogP contribution in [0.4, 0.5) is 0 Å². The Balaban J connectivity index is 1.74. The van der Waals surface area contributed by atoms with E-state index < -0.39 is 64.5 Å². The molecule has 10 nitrogen and oxygen atoms in total. The molecule has 0 fully saturated rings. The number of aliphatic hydroxyl groups is 3. The molecule has 5 atom stereocenters. The van der Waals surface area contributed by atoms with Crippen LogP contribution in [0.15, 0.2) is 65.8 Å². The number of amides is 1. The molecule has 5 rings (SSSR count). The zero-order chi connectivity index (χ0) is 26.9. The van der Waals surface area contributed by atoms with Gasteiger partial charge in [-0.25, -0.2) is 0 Å². The van der Waals surface area contributed by atoms with Crippen LogP contribution in [0.1, 0.15) is 15.9 Å². The average molecular weight is 504 g/mol. The highest BCUT2D eigenvalue weighted by molar-refractivity contribution is 6.23. The molecule has 0 aliphatic heterocycles. The lowest BCUT2D eigenvalue weighted by molar-refractivity contribution is -0.130. The molecule has 1 aromatic carbocycles. The van der Waals surface area contributed by atoms with E-state index in [0.717, 1.165) is 0 Å². The lowest BCUT2D eigenvalue weighted by Gasteiger charge is -2.49. The van der Waals surface area contributed by atoms with Crippen LogP contribution in [0.3, 0.4) is 0 Å². The molecule has 0 saturated carbocycles. The Morgan fingerprint density at radius 1 is 1.03 bits per heavy atom. The largest absolute Gasteiger partial charge is 0.511 e. The Bertz CT molecular complexity index is 1460. The Hall–Kier alpha value is -4.28. The number of hydrogen-bond acceptors (Lipinski definition) is 9. The van der Waals surface area contributed by atoms with Gasteiger partial charge in [0.2, 0.25) is 0 Å². The summed E-state index contributed by atoms with van der Waals surface area (Å²) in [5.74, 6) is -8.37. The Labute approximate surface area is 211 Å². The lowest BCUT2D eigenvalue weighted by Crippen LogP contribution is -2.58. The maximum Gasteiger partial charge on any atom is 0.255 e. The topological polar surface area (TPSA) is 174 Å². The number of carbonyl (C=O) groups excluding carboxylic acids is 3. The van der Waals surface area contributed by atoms with E-state index in [0.29, 0.717) is 5.69 Å². The summed E-state index contributed by atoms with van der Waals surface area (Å²) < 4.78 is 0. The number of allylic oxidation sites excluding steroid dienone is 1. The smallest absolute Gasteiger partial charge is 0.255 e. The minimum Gasteiger partial charge on any atom is -0.511 e. The molecule has 10 heteroatoms. The summed E-state index contributed by atoms with van der Waals surface area (Å²) in [6.07, 6.45) is 0.0811. The highest BCUT2D eigenvalue weighted by atomic mass is 16.3. The fourth-order valence-electron chi connectivity index (χ4n) is 5.97. The second-order valence-corrected chi connectivity index (χ2v) is 9.67. The number of benzene rings is 1. The summed E-state index contributed by atoms with van der Waals surface area (Å²) in [5.41, 5.74) is 5.46. The molecule has 6 N–H and O–H groups in total. The number of hydrogen-bond donors (Lipinski definition) is 5. The maximum atomic E-state index is 13.8. The first-order valence-corrected chi connectivity index (χ1v) is 11.5. The molecule has 3 aliphatic carbocycles. The molecular formula is C27H25N3O7. The van der Waals surface area contributed by atoms with Crippen molar-refractivity contribution in [3.63, 3.8) is 0 Å². The number of pyridine rings is 1. The molecule has 2 unspecified atom stereocenters. The summed E-state index contributed by atoms with van der Waals surface area (Å²) in [7, 11) is 3.14. The van der Waals surface area contributed by atoms with Crippen molar-refractivity contribution in [1.29, 1.82) is 0 Å². The summed E-state index contributed by atoms with van der Waals surface area (Å²) in [6, 6.07) is 7.19. The number of fused-ring (bicyclic) bond motifs is 3. The number of primary amides is 1. The Kier molecular flexibility index (Phi) is 5.54. The number of aliphatic hydroxyl groups excluding tert-OH is 3. The fourth-order valence-corrected chi connectivity index (χ4v) is 5.97. The van der Waals surface area contributed by atoms with Crippen LogP contribution in [0.25, 0.3) is 16.8 Å². The first-order chi connectivity index (χ1) is 17.5. The SMILES string of the molecule is C=C1c2ccc(-c3ccccn3)c(O)c2C(=O)C2=C(O)C3C(=O)C(C(N)=O)=C(O)[C@@H](N(C)C)[C@@H]3[C@@H](O)C12. The lowest BCUT2D eigenvalue weighted by atomic mass is 9.58. The van der Waals surface area contributed by atoms with Gasteiger partial charge in [-0.05, 0) is 43.4 Å². The number of aromatic hydroxyl groups is 1. The van der Waals surface area contributed by atoms with Crippen LogP contribution in [-0.4, -0.2) is 74.0 Å². The summed E-state index contributed by atoms with van der Waals surface area (Å²) in [6.45, 7) is 4.06. The van der Waals surface area contributed by atoms with Crippen molar-refractivity contribution in [2.45, 2.75) is 12.1 Å². The summed E-state index contributed by atoms with van der Waals surface area (Å²) >= 11 is 0. The number of carbonyl (C=O) groups is 3. The van der Waals surface area contributed by atoms with Crippen LogP contribution in [0.5, 0.6) is 5.75 Å². The Morgan fingerprint density at radius 3 is 2.30 bits per heavy atom. The minimum atomic E-state index is -1.52. The quantitative estimate of drug-likeness (QED) is 0.389. The molecule has 37 heavy (non-hydrogen) atoms. The highest BCUT2D eigenvalue weighted by Crippen LogP contribution is 2.54. The van der Waals surface area contributed by atoms with Crippen LogP contribution in [0.2, 0.25) is 0 Å². The number of rotatable bonds is 3. The van der Waals surface area contributed by atoms with Gasteiger partial charge >= 0.3 is 0 Å². The van der Waals surface area contributed by atoms with Gasteiger partial charge < -0.3 is 26.2 Å². The number of Topliss-reactive ketones (excluding diaryl/α,β-unsaturated/α-hetero) is 2. The highest BCUT2D eigenvalue weighted by Gasteiger charge is 2.59. The summed E-state index contributed by atoms with van der Waals surface area (Å²) in [5, 5.41) is 44.9. The molecule has 1 aromatic heterocycles. The van der Waals surface area contributed by atoms with Gasteiger partial charge in [0.15, 0.2) is 11.6 Å². The molecule has 1 amide bonds. The van der Waals surface area contributed by atoms with Crippen LogP contribution in [0, 0.1) is 17.8 Å². The first kappa shape index (κ1) is 24.4. The third-order valence-corrected chi connectivity index (χ3v) is 7.55. The maximum absolute atomic E-state index is 13.8. The van der Waals surface area contributed by atoms with Gasteiger partial charge in [-0.1, -0.05) is 18.7 Å². The van der Waals surface area contributed by atoms with Gasteiger partial charge in [0.05, 0.1) is 29.3 Å². The third kappa shape index (κ3) is 3.26. The van der Waals surface area contributed by atoms with E-state index in [1.807, 2.05) is 0 Å². The number of aromatic nitrogens is 1. The van der Waals surface area contributed by atoms with E-state index in [-0.39, 0.29) is 33.6 Å². The van der Waals surface area contributed by atoms with Gasteiger partial charge in [-0.3, -0.25) is 24.3 Å². The van der Waals surface area contributed by atoms with E-state index in [1.54, 1.807) is 44.4 Å². The Morgan fingerprint density at radius 2 is 1.70 bits per heavy atom. The van der Waals surface area contributed by atoms with Crippen molar-refractivity contribution in [2.75, 3.05) is 14.1 Å². The molecule has 2 aromatic rings. The van der Waals surface area contributed by atoms with Gasteiger partial charge in [0.1, 0.15) is 22.8 Å². The number of phenolic OH excluding ortho intramolecular Hbond substituents is 1. The number of phenols is 1. The molecule has 1 heterocycles. The van der Waals surface area contributed by atoms with E-state index in [4.69, 9.17) is 5.73 Å². The number of nitrogens with zero attached hydrogens (tertiary/aromatic N) is 2. The predicted octanol–water partition coefficient (Wildman–Crippen LogP) is 1.51. The second-order valence-electron chi connectivity index (χ2n) is 9.67. The first-order valence-electron chi connectivity index (χ1n) is 11.5. The van der Waals surface area contributed by atoms with Gasteiger partial charge in [-0.15, -0.1) is 0 Å². The second kappa shape index (κ2) is 8.39. The van der Waals surface area contributed by atoms with Crippen molar-refractivity contribution in [3.8, 4) is 17.0 Å².